The van der Waals surface area contributed by atoms with Crippen molar-refractivity contribution >= 4 is 61.2 Å². The van der Waals surface area contributed by atoms with Crippen LogP contribution in [0.3, 0.4) is 0 Å². The van der Waals surface area contributed by atoms with E-state index < -0.39 is 34.7 Å². The Morgan fingerprint density at radius 3 is 2.73 bits per heavy atom. The lowest BCUT2D eigenvalue weighted by Gasteiger charge is -2.24. The molecule has 0 spiro atoms. The van der Waals surface area contributed by atoms with Crippen LogP contribution in [0.5, 0.6) is 0 Å². The summed E-state index contributed by atoms with van der Waals surface area (Å²) in [5.41, 5.74) is 2.09. The number of aromatic amines is 1. The number of amides is 1. The Morgan fingerprint density at radius 2 is 2.00 bits per heavy atom. The van der Waals surface area contributed by atoms with Gasteiger partial charge in [-0.15, -0.1) is 22.7 Å². The maximum Gasteiger partial charge on any atom is 0.490 e. The van der Waals surface area contributed by atoms with Gasteiger partial charge in [-0.05, 0) is 48.8 Å². The number of carbonyl (C=O) groups excluding carboxylic acids is 2. The highest BCUT2D eigenvalue weighted by Gasteiger charge is 2.41. The van der Waals surface area contributed by atoms with Crippen molar-refractivity contribution in [1.82, 2.24) is 20.2 Å². The molecule has 1 atom stereocenters. The summed E-state index contributed by atoms with van der Waals surface area (Å²) in [5.74, 6) is -2.85. The SMILES string of the molecule is O=C(COC(=O)C(F)(F)F)NC1CCN(Cc2cnc(-c3cc4cccc(N(CC5CC5)S(=O)(=O)c5cccs5)c4[nH]3)s2)C1. The van der Waals surface area contributed by atoms with Gasteiger partial charge in [-0.1, -0.05) is 18.2 Å². The van der Waals surface area contributed by atoms with Crippen molar-refractivity contribution in [2.24, 2.45) is 5.92 Å². The average Bonchev–Trinajstić information content (AvgIpc) is 3.45. The molecule has 1 amide bonds. The Balaban J connectivity index is 1.12. The third kappa shape index (κ3) is 6.77. The Morgan fingerprint density at radius 1 is 1.18 bits per heavy atom. The van der Waals surface area contributed by atoms with Gasteiger partial charge in [-0.25, -0.2) is 18.2 Å². The highest BCUT2D eigenvalue weighted by molar-refractivity contribution is 7.94. The van der Waals surface area contributed by atoms with E-state index in [-0.39, 0.29) is 6.04 Å². The van der Waals surface area contributed by atoms with E-state index in [1.54, 1.807) is 23.7 Å². The van der Waals surface area contributed by atoms with Gasteiger partial charge in [0.15, 0.2) is 6.61 Å². The van der Waals surface area contributed by atoms with Crippen molar-refractivity contribution in [2.75, 3.05) is 30.5 Å². The summed E-state index contributed by atoms with van der Waals surface area (Å²) in [7, 11) is -3.73. The number of fused-ring (bicyclic) bond motifs is 1. The third-order valence-electron chi connectivity index (χ3n) is 7.43. The molecule has 1 saturated carbocycles. The summed E-state index contributed by atoms with van der Waals surface area (Å²) < 4.78 is 69.9. The number of benzene rings is 1. The number of thiophene rings is 1. The van der Waals surface area contributed by atoms with Crippen LogP contribution >= 0.6 is 22.7 Å². The van der Waals surface area contributed by atoms with Gasteiger partial charge in [0, 0.05) is 48.7 Å². The Labute approximate surface area is 258 Å². The monoisotopic (exact) mass is 667 g/mol. The lowest BCUT2D eigenvalue weighted by atomic mass is 10.2. The normalized spacial score (nSPS) is 17.7. The lowest BCUT2D eigenvalue weighted by Crippen LogP contribution is -2.40. The quantitative estimate of drug-likeness (QED) is 0.221. The highest BCUT2D eigenvalue weighted by Crippen LogP contribution is 2.39. The van der Waals surface area contributed by atoms with E-state index in [9.17, 15) is 31.2 Å². The van der Waals surface area contributed by atoms with Gasteiger partial charge < -0.3 is 15.0 Å². The molecule has 234 valence electrons. The number of likely N-dealkylation sites (tertiary alicyclic amines) is 1. The number of hydrogen-bond donors (Lipinski definition) is 2. The summed E-state index contributed by atoms with van der Waals surface area (Å²) in [6, 6.07) is 10.7. The van der Waals surface area contributed by atoms with E-state index >= 15 is 0 Å². The van der Waals surface area contributed by atoms with Gasteiger partial charge in [0.2, 0.25) is 0 Å². The minimum atomic E-state index is -5.14. The second kappa shape index (κ2) is 12.1. The van der Waals surface area contributed by atoms with Crippen molar-refractivity contribution in [3.8, 4) is 10.7 Å². The second-order valence-electron chi connectivity index (χ2n) is 10.8. The van der Waals surface area contributed by atoms with E-state index in [0.717, 1.165) is 39.3 Å². The number of halogens is 3. The number of hydrogen-bond acceptors (Lipinski definition) is 9. The minimum Gasteiger partial charge on any atom is -0.449 e. The molecule has 10 nitrogen and oxygen atoms in total. The number of sulfonamides is 1. The summed E-state index contributed by atoms with van der Waals surface area (Å²) in [5, 5.41) is 5.98. The van der Waals surface area contributed by atoms with Crippen molar-refractivity contribution in [3.63, 3.8) is 0 Å². The molecule has 0 bridgehead atoms. The number of aromatic nitrogens is 2. The Kier molecular flexibility index (Phi) is 8.43. The van der Waals surface area contributed by atoms with E-state index in [0.29, 0.717) is 48.4 Å². The van der Waals surface area contributed by atoms with Crippen molar-refractivity contribution in [1.29, 1.82) is 0 Å². The van der Waals surface area contributed by atoms with Gasteiger partial charge >= 0.3 is 12.1 Å². The fourth-order valence-electron chi connectivity index (χ4n) is 5.14. The van der Waals surface area contributed by atoms with Crippen LogP contribution in [0.15, 0.2) is 52.2 Å². The number of anilines is 1. The predicted octanol–water partition coefficient (Wildman–Crippen LogP) is 4.75. The molecule has 3 aromatic heterocycles. The fourth-order valence-corrected chi connectivity index (χ4v) is 8.73. The van der Waals surface area contributed by atoms with Gasteiger partial charge in [0.1, 0.15) is 9.22 Å². The van der Waals surface area contributed by atoms with E-state index in [1.807, 2.05) is 24.3 Å². The van der Waals surface area contributed by atoms with Crippen molar-refractivity contribution in [2.45, 2.75) is 42.2 Å². The Hall–Kier alpha value is -3.47. The molecule has 4 aromatic rings. The van der Waals surface area contributed by atoms with Crippen LogP contribution in [-0.4, -0.2) is 73.6 Å². The molecule has 1 aliphatic heterocycles. The molecule has 2 N–H and O–H groups in total. The zero-order chi connectivity index (χ0) is 31.1. The van der Waals surface area contributed by atoms with Crippen LogP contribution in [0.4, 0.5) is 18.9 Å². The molecule has 1 saturated heterocycles. The van der Waals surface area contributed by atoms with Crippen molar-refractivity contribution < 1.29 is 35.9 Å². The Bertz CT molecular complexity index is 1770. The zero-order valence-corrected chi connectivity index (χ0v) is 25.6. The van der Waals surface area contributed by atoms with Gasteiger partial charge in [-0.2, -0.15) is 13.2 Å². The number of thiazole rings is 1. The molecule has 6 rings (SSSR count). The summed E-state index contributed by atoms with van der Waals surface area (Å²) >= 11 is 2.69. The van der Waals surface area contributed by atoms with E-state index in [2.05, 4.69) is 24.9 Å². The number of nitrogens with one attached hydrogen (secondary N) is 2. The number of ether oxygens (including phenoxy) is 1. The first-order valence-corrected chi connectivity index (χ1v) is 17.0. The molecule has 1 aromatic carbocycles. The van der Waals surface area contributed by atoms with Crippen LogP contribution in [0, 0.1) is 5.92 Å². The molecule has 2 fully saturated rings. The fraction of sp³-hybridized carbons (Fsp3) is 0.393. The van der Waals surface area contributed by atoms with Crippen LogP contribution in [0.25, 0.3) is 21.6 Å². The summed E-state index contributed by atoms with van der Waals surface area (Å²) in [6.07, 6.45) is -0.761. The lowest BCUT2D eigenvalue weighted by molar-refractivity contribution is -0.200. The number of H-pyrrole nitrogens is 1. The summed E-state index contributed by atoms with van der Waals surface area (Å²) in [4.78, 5) is 33.8. The standard InChI is InChI=1S/C28H28F3N5O5S3/c29-28(30,31)27(38)41-16-23(37)33-19-8-9-35(14-19)15-20-12-32-26(43-20)21-11-18-3-1-4-22(25(18)34-21)36(13-17-6-7-17)44(39,40)24-5-2-10-42-24/h1-5,10-12,17,19,34H,6-9,13-16H2,(H,33,37). The summed E-state index contributed by atoms with van der Waals surface area (Å²) in [6.45, 7) is 1.14. The van der Waals surface area contributed by atoms with Crippen LogP contribution in [0.2, 0.25) is 0 Å². The smallest absolute Gasteiger partial charge is 0.449 e. The van der Waals surface area contributed by atoms with Gasteiger partial charge in [-0.3, -0.25) is 14.0 Å². The molecule has 16 heteroatoms. The van der Waals surface area contributed by atoms with Gasteiger partial charge in [0.05, 0.1) is 16.9 Å². The number of para-hydroxylation sites is 1. The number of alkyl halides is 3. The first kappa shape index (κ1) is 30.6. The first-order chi connectivity index (χ1) is 21.0. The molecule has 2 aliphatic rings. The molecule has 1 aliphatic carbocycles. The minimum absolute atomic E-state index is 0.282. The zero-order valence-electron chi connectivity index (χ0n) is 23.2. The first-order valence-electron chi connectivity index (χ1n) is 13.9. The molecular formula is C28H28F3N5O5S3. The molecule has 44 heavy (non-hydrogen) atoms. The molecule has 1 unspecified atom stereocenters. The van der Waals surface area contributed by atoms with Crippen LogP contribution in [-0.2, 0) is 30.9 Å². The number of rotatable bonds is 11. The predicted molar refractivity (Wildman–Crippen MR) is 160 cm³/mol. The third-order valence-corrected chi connectivity index (χ3v) is 11.6. The number of carbonyl (C=O) groups is 2. The van der Waals surface area contributed by atoms with Gasteiger partial charge in [0.25, 0.3) is 15.9 Å². The van der Waals surface area contributed by atoms with Crippen LogP contribution < -0.4 is 9.62 Å². The number of nitrogens with zero attached hydrogens (tertiary/aromatic N) is 3. The molecule has 4 heterocycles. The van der Waals surface area contributed by atoms with Crippen LogP contribution in [0.1, 0.15) is 24.1 Å². The maximum atomic E-state index is 13.6. The second-order valence-corrected chi connectivity index (χ2v) is 15.0. The molecule has 0 radical (unpaired) electrons. The van der Waals surface area contributed by atoms with Crippen molar-refractivity contribution in [3.05, 3.63) is 52.9 Å². The van der Waals surface area contributed by atoms with E-state index in [1.165, 1.54) is 27.0 Å². The largest absolute Gasteiger partial charge is 0.490 e. The highest BCUT2D eigenvalue weighted by atomic mass is 32.2. The maximum absolute atomic E-state index is 13.6. The number of esters is 1. The molecular weight excluding hydrogens is 640 g/mol. The topological polar surface area (TPSA) is 125 Å². The van der Waals surface area contributed by atoms with E-state index in [4.69, 9.17) is 0 Å². The average molecular weight is 668 g/mol.